The fourth-order valence-electron chi connectivity index (χ4n) is 6.55. The maximum Gasteiger partial charge on any atom is 0.168 e. The van der Waals surface area contributed by atoms with Crippen molar-refractivity contribution in [2.24, 2.45) is 0 Å². The lowest BCUT2D eigenvalue weighted by molar-refractivity contribution is 0.482. The molecule has 0 saturated carbocycles. The van der Waals surface area contributed by atoms with Crippen molar-refractivity contribution in [1.29, 1.82) is 0 Å². The minimum atomic E-state index is -0.537. The van der Waals surface area contributed by atoms with Crippen LogP contribution in [0.25, 0.3) is 44.1 Å². The number of anilines is 2. The zero-order chi connectivity index (χ0) is 40.9. The SMILES string of the molecule is Cc1ccc(Oc2cccc(CNc3n[nH]c4c(F)c(Cl)c(-c5ccccc5)cc34)c2)cc1.Fc1ccc(CNc2n[nH]c3c(F)c(Cl)c(-c4ccccc4)cc23)cc1. The highest BCUT2D eigenvalue weighted by molar-refractivity contribution is 6.35. The van der Waals surface area contributed by atoms with Gasteiger partial charge in [0.15, 0.2) is 23.3 Å². The lowest BCUT2D eigenvalue weighted by Gasteiger charge is -2.10. The molecule has 9 rings (SSSR count). The van der Waals surface area contributed by atoms with Gasteiger partial charge in [0.25, 0.3) is 0 Å². The summed E-state index contributed by atoms with van der Waals surface area (Å²) in [7, 11) is 0. The Labute approximate surface area is 347 Å². The Bertz CT molecular complexity index is 2870. The Balaban J connectivity index is 0.000000169. The molecule has 0 unspecified atom stereocenters. The Morgan fingerprint density at radius 1 is 0.542 bits per heavy atom. The summed E-state index contributed by atoms with van der Waals surface area (Å²) in [6.07, 6.45) is 0. The molecule has 2 heterocycles. The minimum Gasteiger partial charge on any atom is -0.457 e. The molecule has 0 spiro atoms. The van der Waals surface area contributed by atoms with Crippen LogP contribution in [-0.2, 0) is 13.1 Å². The molecule has 12 heteroatoms. The summed E-state index contributed by atoms with van der Waals surface area (Å²) in [5.41, 5.74) is 6.49. The molecule has 0 bridgehead atoms. The van der Waals surface area contributed by atoms with Gasteiger partial charge in [-0.15, -0.1) is 0 Å². The van der Waals surface area contributed by atoms with Crippen molar-refractivity contribution >= 4 is 56.6 Å². The van der Waals surface area contributed by atoms with E-state index in [1.54, 1.807) is 12.1 Å². The fourth-order valence-corrected chi connectivity index (χ4v) is 7.06. The fraction of sp³-hybridized carbons (Fsp3) is 0.0638. The molecule has 7 aromatic carbocycles. The number of nitrogens with zero attached hydrogens (tertiary/aromatic N) is 2. The van der Waals surface area contributed by atoms with Crippen LogP contribution in [0.1, 0.15) is 16.7 Å². The Kier molecular flexibility index (Phi) is 11.5. The Morgan fingerprint density at radius 3 is 1.58 bits per heavy atom. The third kappa shape index (κ3) is 8.74. The van der Waals surface area contributed by atoms with E-state index in [0.717, 1.165) is 33.8 Å². The topological polar surface area (TPSA) is 90.7 Å². The van der Waals surface area contributed by atoms with E-state index in [1.807, 2.05) is 128 Å². The van der Waals surface area contributed by atoms with Gasteiger partial charge in [-0.3, -0.25) is 10.2 Å². The number of nitrogens with one attached hydrogen (secondary N) is 4. The number of hydrogen-bond donors (Lipinski definition) is 4. The Morgan fingerprint density at radius 2 is 1.05 bits per heavy atom. The summed E-state index contributed by atoms with van der Waals surface area (Å²) >= 11 is 12.5. The third-order valence-corrected chi connectivity index (χ3v) is 10.4. The summed E-state index contributed by atoms with van der Waals surface area (Å²) in [5.74, 6) is 1.26. The van der Waals surface area contributed by atoms with E-state index in [1.165, 1.54) is 17.7 Å². The van der Waals surface area contributed by atoms with Crippen molar-refractivity contribution in [3.63, 3.8) is 0 Å². The van der Waals surface area contributed by atoms with Crippen molar-refractivity contribution in [3.05, 3.63) is 190 Å². The number of halogens is 5. The lowest BCUT2D eigenvalue weighted by Crippen LogP contribution is -2.00. The highest BCUT2D eigenvalue weighted by Crippen LogP contribution is 2.38. The second-order valence-electron chi connectivity index (χ2n) is 13.7. The van der Waals surface area contributed by atoms with Gasteiger partial charge in [-0.1, -0.05) is 126 Å². The summed E-state index contributed by atoms with van der Waals surface area (Å²) in [6.45, 7) is 2.97. The monoisotopic (exact) mass is 826 g/mol. The van der Waals surface area contributed by atoms with Crippen LogP contribution < -0.4 is 15.4 Å². The van der Waals surface area contributed by atoms with Gasteiger partial charge >= 0.3 is 0 Å². The third-order valence-electron chi connectivity index (χ3n) is 9.64. The quantitative estimate of drug-likeness (QED) is 0.110. The first-order valence-electron chi connectivity index (χ1n) is 18.6. The van der Waals surface area contributed by atoms with Gasteiger partial charge in [0.2, 0.25) is 0 Å². The van der Waals surface area contributed by atoms with E-state index in [9.17, 15) is 13.2 Å². The second-order valence-corrected chi connectivity index (χ2v) is 14.5. The van der Waals surface area contributed by atoms with Crippen LogP contribution in [0.15, 0.2) is 146 Å². The summed E-state index contributed by atoms with van der Waals surface area (Å²) in [6, 6.07) is 44.5. The molecule has 0 aliphatic rings. The maximum absolute atomic E-state index is 15.0. The number of aryl methyl sites for hydroxylation is 1. The molecule has 2 aromatic heterocycles. The first kappa shape index (κ1) is 39.1. The number of ether oxygens (including phenoxy) is 1. The van der Waals surface area contributed by atoms with E-state index in [2.05, 4.69) is 31.0 Å². The van der Waals surface area contributed by atoms with Crippen molar-refractivity contribution in [1.82, 2.24) is 20.4 Å². The number of hydrogen-bond acceptors (Lipinski definition) is 5. The highest BCUT2D eigenvalue weighted by Gasteiger charge is 2.19. The van der Waals surface area contributed by atoms with Gasteiger partial charge in [0.1, 0.15) is 28.3 Å². The van der Waals surface area contributed by atoms with Gasteiger partial charge in [0, 0.05) is 35.0 Å². The van der Waals surface area contributed by atoms with Gasteiger partial charge in [0.05, 0.1) is 10.0 Å². The van der Waals surface area contributed by atoms with Crippen LogP contribution in [0.5, 0.6) is 11.5 Å². The van der Waals surface area contributed by atoms with E-state index in [4.69, 9.17) is 27.9 Å². The van der Waals surface area contributed by atoms with Crippen molar-refractivity contribution < 1.29 is 17.9 Å². The average molecular weight is 828 g/mol. The number of aromatic nitrogens is 4. The molecule has 0 fully saturated rings. The van der Waals surface area contributed by atoms with Crippen LogP contribution in [0, 0.1) is 24.4 Å². The van der Waals surface area contributed by atoms with Crippen LogP contribution in [0.4, 0.5) is 24.8 Å². The average Bonchev–Trinajstić information content (AvgIpc) is 3.88. The van der Waals surface area contributed by atoms with Gasteiger partial charge < -0.3 is 15.4 Å². The van der Waals surface area contributed by atoms with Crippen molar-refractivity contribution in [2.45, 2.75) is 20.0 Å². The standard InChI is InChI=1S/C27H21ClFN3O.C20H14ClF2N3/c1-17-10-12-20(13-11-17)33-21-9-5-6-18(14-21)16-30-27-23-15-22(19-7-3-2-4-8-19)24(28)25(29)26(23)31-32-27;21-17-15(13-4-2-1-3-5-13)10-16-19(18(17)23)25-26-20(16)24-11-12-6-8-14(22)9-7-12/h2-15H,16H2,1H3,(H2,30,31,32);1-10H,11H2,(H2,24,25,26). The van der Waals surface area contributed by atoms with Gasteiger partial charge in [-0.05, 0) is 77.7 Å². The summed E-state index contributed by atoms with van der Waals surface area (Å²) in [5, 5.41) is 21.7. The molecular formula is C47H35Cl2F3N6O. The predicted octanol–water partition coefficient (Wildman–Crippen LogP) is 13.5. The normalized spacial score (nSPS) is 11.0. The van der Waals surface area contributed by atoms with Crippen molar-refractivity contribution in [2.75, 3.05) is 10.6 Å². The molecule has 4 N–H and O–H groups in total. The van der Waals surface area contributed by atoms with Gasteiger partial charge in [-0.2, -0.15) is 10.2 Å². The first-order chi connectivity index (χ1) is 28.7. The van der Waals surface area contributed by atoms with Crippen LogP contribution in [0.3, 0.4) is 0 Å². The lowest BCUT2D eigenvalue weighted by atomic mass is 10.0. The second kappa shape index (κ2) is 17.4. The van der Waals surface area contributed by atoms with Crippen molar-refractivity contribution in [3.8, 4) is 33.8 Å². The maximum atomic E-state index is 15.0. The van der Waals surface area contributed by atoms with Gasteiger partial charge in [-0.25, -0.2) is 13.2 Å². The molecular weight excluding hydrogens is 792 g/mol. The molecule has 0 aliphatic carbocycles. The smallest absolute Gasteiger partial charge is 0.168 e. The van der Waals surface area contributed by atoms with E-state index >= 15 is 0 Å². The minimum absolute atomic E-state index is 0.0532. The van der Waals surface area contributed by atoms with Crippen LogP contribution in [0.2, 0.25) is 10.0 Å². The summed E-state index contributed by atoms with van der Waals surface area (Å²) in [4.78, 5) is 0. The predicted molar refractivity (Wildman–Crippen MR) is 232 cm³/mol. The highest BCUT2D eigenvalue weighted by atomic mass is 35.5. The molecule has 9 aromatic rings. The zero-order valence-electron chi connectivity index (χ0n) is 31.5. The molecule has 0 atom stereocenters. The molecule has 294 valence electrons. The number of rotatable bonds is 10. The number of H-pyrrole nitrogens is 2. The number of benzene rings is 7. The first-order valence-corrected chi connectivity index (χ1v) is 19.4. The molecule has 0 saturated heterocycles. The van der Waals surface area contributed by atoms with E-state index in [0.29, 0.717) is 46.6 Å². The molecule has 0 aliphatic heterocycles. The molecule has 59 heavy (non-hydrogen) atoms. The number of aromatic amines is 2. The Hall–Kier alpha value is -6.75. The number of fused-ring (bicyclic) bond motifs is 2. The molecule has 0 amide bonds. The zero-order valence-corrected chi connectivity index (χ0v) is 33.0. The molecule has 0 radical (unpaired) electrons. The molecule has 7 nitrogen and oxygen atoms in total. The van der Waals surface area contributed by atoms with Crippen LogP contribution in [-0.4, -0.2) is 20.4 Å². The van der Waals surface area contributed by atoms with E-state index < -0.39 is 11.6 Å². The summed E-state index contributed by atoms with van der Waals surface area (Å²) < 4.78 is 48.6. The largest absolute Gasteiger partial charge is 0.457 e. The van der Waals surface area contributed by atoms with E-state index in [-0.39, 0.29) is 26.9 Å². The van der Waals surface area contributed by atoms with Crippen LogP contribution >= 0.6 is 23.2 Å².